The van der Waals surface area contributed by atoms with Gasteiger partial charge in [0, 0.05) is 32.2 Å². The van der Waals surface area contributed by atoms with Gasteiger partial charge in [-0.1, -0.05) is 13.0 Å². The predicted molar refractivity (Wildman–Crippen MR) is 105 cm³/mol. The quantitative estimate of drug-likeness (QED) is 0.827. The maximum absolute atomic E-state index is 13.5. The molecule has 0 saturated heterocycles. The monoisotopic (exact) mass is 396 g/mol. The number of nitrogens with zero attached hydrogens (tertiary/aromatic N) is 2. The van der Waals surface area contributed by atoms with Gasteiger partial charge in [-0.25, -0.2) is 0 Å². The Labute approximate surface area is 163 Å². The summed E-state index contributed by atoms with van der Waals surface area (Å²) < 4.78 is 45.9. The predicted octanol–water partition coefficient (Wildman–Crippen LogP) is 4.21. The molecule has 2 unspecified atom stereocenters. The lowest BCUT2D eigenvalue weighted by molar-refractivity contribution is -0.103. The Balaban J connectivity index is 2.03. The molecule has 7 heteroatoms. The van der Waals surface area contributed by atoms with Gasteiger partial charge in [0.2, 0.25) is 0 Å². The number of alkyl halides is 3. The highest BCUT2D eigenvalue weighted by molar-refractivity contribution is 5.84. The van der Waals surface area contributed by atoms with Crippen molar-refractivity contribution in [3.05, 3.63) is 41.5 Å². The van der Waals surface area contributed by atoms with Crippen LogP contribution in [-0.4, -0.2) is 50.4 Å². The molecule has 0 aromatic heterocycles. The first-order chi connectivity index (χ1) is 12.9. The van der Waals surface area contributed by atoms with E-state index >= 15 is 0 Å². The number of aliphatic hydroxyl groups is 1. The van der Waals surface area contributed by atoms with E-state index in [2.05, 4.69) is 4.90 Å². The number of methoxy groups -OCH3 is 1. The zero-order valence-electron chi connectivity index (χ0n) is 16.8. The summed E-state index contributed by atoms with van der Waals surface area (Å²) in [5.74, 6) is -0.763. The normalized spacial score (nSPS) is 22.9. The van der Waals surface area contributed by atoms with Crippen LogP contribution in [0.25, 0.3) is 5.57 Å². The van der Waals surface area contributed by atoms with E-state index in [4.69, 9.17) is 4.74 Å². The van der Waals surface area contributed by atoms with Crippen LogP contribution in [0.5, 0.6) is 0 Å². The summed E-state index contributed by atoms with van der Waals surface area (Å²) in [5.41, 5.74) is 1.62. The number of rotatable bonds is 4. The molecule has 0 bridgehead atoms. The van der Waals surface area contributed by atoms with E-state index in [1.807, 2.05) is 30.1 Å². The molecule has 1 aliphatic carbocycles. The van der Waals surface area contributed by atoms with Crippen molar-refractivity contribution < 1.29 is 23.0 Å². The average Bonchev–Trinajstić information content (AvgIpc) is 2.87. The summed E-state index contributed by atoms with van der Waals surface area (Å²) in [7, 11) is 3.38. The minimum absolute atomic E-state index is 0.425. The highest BCUT2D eigenvalue weighted by Gasteiger charge is 2.41. The summed E-state index contributed by atoms with van der Waals surface area (Å²) in [6.45, 7) is 6.05. The molecule has 1 heterocycles. The largest absolute Gasteiger partial charge is 0.413 e. The lowest BCUT2D eigenvalue weighted by atomic mass is 9.84. The second-order valence-corrected chi connectivity index (χ2v) is 8.26. The molecular formula is C21H27F3N2O2. The number of ether oxygens (including phenoxy) is 1. The number of β-amino-alcohol motifs (C(OH)–C–C–N with tert-alkyl or cyclic N) is 1. The van der Waals surface area contributed by atoms with E-state index in [-0.39, 0.29) is 0 Å². The molecule has 1 aromatic carbocycles. The Kier molecular flexibility index (Phi) is 5.27. The van der Waals surface area contributed by atoms with Crippen LogP contribution < -0.4 is 9.80 Å². The van der Waals surface area contributed by atoms with E-state index in [9.17, 15) is 18.3 Å². The highest BCUT2D eigenvalue weighted by Crippen LogP contribution is 2.42. The molecule has 0 radical (unpaired) electrons. The molecule has 0 spiro atoms. The van der Waals surface area contributed by atoms with Gasteiger partial charge in [-0.15, -0.1) is 0 Å². The van der Waals surface area contributed by atoms with Crippen molar-refractivity contribution in [3.63, 3.8) is 0 Å². The fourth-order valence-electron chi connectivity index (χ4n) is 3.93. The minimum Gasteiger partial charge on any atom is -0.389 e. The van der Waals surface area contributed by atoms with Gasteiger partial charge in [0.15, 0.2) is 0 Å². The smallest absolute Gasteiger partial charge is 0.389 e. The van der Waals surface area contributed by atoms with Gasteiger partial charge in [0.1, 0.15) is 0 Å². The highest BCUT2D eigenvalue weighted by atomic mass is 19.4. The Hall–Kier alpha value is -1.99. The third kappa shape index (κ3) is 4.05. The van der Waals surface area contributed by atoms with E-state index in [0.717, 1.165) is 11.4 Å². The topological polar surface area (TPSA) is 35.9 Å². The first-order valence-electron chi connectivity index (χ1n) is 9.27. The zero-order chi connectivity index (χ0) is 20.9. The van der Waals surface area contributed by atoms with Crippen molar-refractivity contribution in [3.8, 4) is 0 Å². The van der Waals surface area contributed by atoms with E-state index < -0.39 is 29.4 Å². The fourth-order valence-corrected chi connectivity index (χ4v) is 3.93. The van der Waals surface area contributed by atoms with Crippen LogP contribution in [-0.2, 0) is 4.74 Å². The van der Waals surface area contributed by atoms with E-state index in [1.165, 1.54) is 20.1 Å². The van der Waals surface area contributed by atoms with Gasteiger partial charge in [0.05, 0.1) is 29.7 Å². The number of fused-ring (bicyclic) bond motifs is 1. The second-order valence-electron chi connectivity index (χ2n) is 8.26. The minimum atomic E-state index is -4.40. The summed E-state index contributed by atoms with van der Waals surface area (Å²) in [6, 6.07) is 5.64. The number of hydrogen-bond donors (Lipinski definition) is 1. The van der Waals surface area contributed by atoms with Crippen molar-refractivity contribution in [2.24, 2.45) is 5.92 Å². The summed E-state index contributed by atoms with van der Waals surface area (Å²) in [5, 5.41) is 10.2. The molecule has 2 aliphatic rings. The molecule has 1 aliphatic heterocycles. The fraction of sp³-hybridized carbons (Fsp3) is 0.524. The van der Waals surface area contributed by atoms with Crippen molar-refractivity contribution in [1.29, 1.82) is 0 Å². The molecule has 1 N–H and O–H groups in total. The lowest BCUT2D eigenvalue weighted by Gasteiger charge is -2.29. The molecule has 2 atom stereocenters. The van der Waals surface area contributed by atoms with Crippen molar-refractivity contribution >= 4 is 16.9 Å². The molecule has 0 fully saturated rings. The second kappa shape index (κ2) is 7.12. The number of anilines is 2. The average molecular weight is 396 g/mol. The van der Waals surface area contributed by atoms with E-state index in [1.54, 1.807) is 19.9 Å². The van der Waals surface area contributed by atoms with Gasteiger partial charge in [0.25, 0.3) is 0 Å². The zero-order valence-corrected chi connectivity index (χ0v) is 16.8. The Morgan fingerprint density at radius 2 is 1.89 bits per heavy atom. The van der Waals surface area contributed by atoms with Gasteiger partial charge < -0.3 is 19.6 Å². The molecule has 4 nitrogen and oxygen atoms in total. The maximum Gasteiger partial charge on any atom is 0.413 e. The molecular weight excluding hydrogens is 369 g/mol. The van der Waals surface area contributed by atoms with Crippen LogP contribution in [0.15, 0.2) is 35.9 Å². The molecule has 28 heavy (non-hydrogen) atoms. The van der Waals surface area contributed by atoms with Crippen LogP contribution in [0.1, 0.15) is 26.3 Å². The van der Waals surface area contributed by atoms with Crippen molar-refractivity contribution in [2.45, 2.75) is 38.7 Å². The summed E-state index contributed by atoms with van der Waals surface area (Å²) in [4.78, 5) is 4.09. The standard InChI is InChI=1S/C21H27F3N2O2/c1-13-16(21(22,23)24)8-15(10-19(13)28-5)14-6-7-17-18(9-14)26(12-25(17)4)11-20(2,3)27/h6-10,13,19,27H,11-12H2,1-5H3. The molecule has 1 aromatic rings. The lowest BCUT2D eigenvalue weighted by Crippen LogP contribution is -2.40. The van der Waals surface area contributed by atoms with Gasteiger partial charge in [-0.3, -0.25) is 0 Å². The molecule has 154 valence electrons. The number of hydrogen-bond acceptors (Lipinski definition) is 4. The first kappa shape index (κ1) is 20.7. The van der Waals surface area contributed by atoms with Crippen LogP contribution in [0.2, 0.25) is 0 Å². The number of benzene rings is 1. The third-order valence-corrected chi connectivity index (χ3v) is 5.26. The molecule has 0 saturated carbocycles. The molecule has 0 amide bonds. The van der Waals surface area contributed by atoms with E-state index in [0.29, 0.717) is 24.4 Å². The Morgan fingerprint density at radius 3 is 2.46 bits per heavy atom. The van der Waals surface area contributed by atoms with Crippen LogP contribution in [0.3, 0.4) is 0 Å². The summed E-state index contributed by atoms with van der Waals surface area (Å²) in [6.07, 6.45) is -2.07. The summed E-state index contributed by atoms with van der Waals surface area (Å²) >= 11 is 0. The first-order valence-corrected chi connectivity index (χ1v) is 9.27. The van der Waals surface area contributed by atoms with Crippen LogP contribution in [0, 0.1) is 5.92 Å². The molecule has 3 rings (SSSR count). The number of halogens is 3. The Bertz CT molecular complexity index is 809. The van der Waals surface area contributed by atoms with Crippen LogP contribution >= 0.6 is 0 Å². The number of allylic oxidation sites excluding steroid dienone is 2. The van der Waals surface area contributed by atoms with Crippen LogP contribution in [0.4, 0.5) is 24.5 Å². The maximum atomic E-state index is 13.5. The van der Waals surface area contributed by atoms with Crippen molar-refractivity contribution in [2.75, 3.05) is 37.2 Å². The van der Waals surface area contributed by atoms with Crippen molar-refractivity contribution in [1.82, 2.24) is 0 Å². The van der Waals surface area contributed by atoms with Gasteiger partial charge in [-0.05, 0) is 49.3 Å². The Morgan fingerprint density at radius 1 is 1.21 bits per heavy atom. The van der Waals surface area contributed by atoms with Gasteiger partial charge >= 0.3 is 6.18 Å². The third-order valence-electron chi connectivity index (χ3n) is 5.26. The SMILES string of the molecule is COC1C=C(c2ccc3c(c2)N(CC(C)(C)O)CN3C)C=C(C(F)(F)F)C1C. The van der Waals surface area contributed by atoms with Gasteiger partial charge in [-0.2, -0.15) is 13.2 Å².